The van der Waals surface area contributed by atoms with Gasteiger partial charge in [-0.3, -0.25) is 5.10 Å². The quantitative estimate of drug-likeness (QED) is 0.521. The van der Waals surface area contributed by atoms with Gasteiger partial charge in [-0.25, -0.2) is 0 Å². The average molecular weight is 274 g/mol. The van der Waals surface area contributed by atoms with Gasteiger partial charge in [-0.2, -0.15) is 5.10 Å². The van der Waals surface area contributed by atoms with Crippen molar-refractivity contribution in [2.24, 2.45) is 0 Å². The molecule has 0 amide bonds. The number of hydrogen-bond donors (Lipinski definition) is 3. The third-order valence-corrected chi connectivity index (χ3v) is 3.48. The zero-order chi connectivity index (χ0) is 14.1. The Kier molecular flexibility index (Phi) is 2.71. The van der Waals surface area contributed by atoms with Crippen LogP contribution in [0.3, 0.4) is 0 Å². The molecule has 0 fully saturated rings. The van der Waals surface area contributed by atoms with E-state index in [0.717, 1.165) is 33.7 Å². The summed E-state index contributed by atoms with van der Waals surface area (Å²) in [6.07, 6.45) is 1.90. The van der Waals surface area contributed by atoms with Crippen molar-refractivity contribution in [2.45, 2.75) is 0 Å². The topological polar surface area (TPSA) is 56.5 Å². The summed E-state index contributed by atoms with van der Waals surface area (Å²) < 4.78 is 0. The lowest BCUT2D eigenvalue weighted by atomic mass is 10.1. The van der Waals surface area contributed by atoms with Crippen LogP contribution in [0.4, 0.5) is 11.4 Å². The summed E-state index contributed by atoms with van der Waals surface area (Å²) in [5.74, 6) is 0. The normalized spacial score (nSPS) is 10.9. The predicted molar refractivity (Wildman–Crippen MR) is 85.6 cm³/mol. The van der Waals surface area contributed by atoms with Crippen molar-refractivity contribution in [3.8, 4) is 11.4 Å². The fourth-order valence-corrected chi connectivity index (χ4v) is 2.47. The summed E-state index contributed by atoms with van der Waals surface area (Å²) in [5.41, 5.74) is 5.09. The second-order valence-corrected chi connectivity index (χ2v) is 4.91. The molecule has 4 rings (SSSR count). The number of rotatable bonds is 3. The Morgan fingerprint density at radius 2 is 1.76 bits per heavy atom. The van der Waals surface area contributed by atoms with E-state index in [0.29, 0.717) is 0 Å². The smallest absolute Gasteiger partial charge is 0.116 e. The number of nitrogens with one attached hydrogen (secondary N) is 3. The SMILES string of the molecule is c1ccc(Nc2ccc3c(-c4ccc[nH]4)n[nH]c3c2)cc1. The Morgan fingerprint density at radius 1 is 0.857 bits per heavy atom. The fourth-order valence-electron chi connectivity index (χ4n) is 2.47. The Morgan fingerprint density at radius 3 is 2.57 bits per heavy atom. The van der Waals surface area contributed by atoms with Gasteiger partial charge in [0.25, 0.3) is 0 Å². The van der Waals surface area contributed by atoms with Crippen LogP contribution in [0, 0.1) is 0 Å². The molecule has 3 N–H and O–H groups in total. The van der Waals surface area contributed by atoms with E-state index < -0.39 is 0 Å². The fraction of sp³-hybridized carbons (Fsp3) is 0. The Bertz CT molecular complexity index is 860. The molecule has 0 bridgehead atoms. The number of para-hydroxylation sites is 1. The zero-order valence-corrected chi connectivity index (χ0v) is 11.3. The predicted octanol–water partition coefficient (Wildman–Crippen LogP) is 4.30. The molecular formula is C17H14N4. The standard InChI is InChI=1S/C17H14N4/c1-2-5-12(6-3-1)19-13-8-9-14-16(11-13)20-21-17(14)15-7-4-10-18-15/h1-11,18-19H,(H,20,21). The summed E-state index contributed by atoms with van der Waals surface area (Å²) in [7, 11) is 0. The molecule has 0 radical (unpaired) electrons. The third-order valence-electron chi connectivity index (χ3n) is 3.48. The highest BCUT2D eigenvalue weighted by atomic mass is 15.1. The first kappa shape index (κ1) is 11.8. The van der Waals surface area contributed by atoms with Crippen LogP contribution in [0.25, 0.3) is 22.3 Å². The monoisotopic (exact) mass is 274 g/mol. The van der Waals surface area contributed by atoms with Gasteiger partial charge < -0.3 is 10.3 Å². The molecule has 102 valence electrons. The molecule has 21 heavy (non-hydrogen) atoms. The number of nitrogens with zero attached hydrogens (tertiary/aromatic N) is 1. The lowest BCUT2D eigenvalue weighted by Gasteiger charge is -2.06. The second-order valence-electron chi connectivity index (χ2n) is 4.91. The summed E-state index contributed by atoms with van der Waals surface area (Å²) >= 11 is 0. The van der Waals surface area contributed by atoms with Crippen molar-refractivity contribution >= 4 is 22.3 Å². The van der Waals surface area contributed by atoms with Gasteiger partial charge in [-0.1, -0.05) is 18.2 Å². The van der Waals surface area contributed by atoms with Crippen LogP contribution in [0.2, 0.25) is 0 Å². The van der Waals surface area contributed by atoms with Gasteiger partial charge in [0.2, 0.25) is 0 Å². The summed E-state index contributed by atoms with van der Waals surface area (Å²) in [6, 6.07) is 20.3. The molecule has 2 aromatic carbocycles. The van der Waals surface area contributed by atoms with E-state index in [2.05, 4.69) is 38.7 Å². The largest absolute Gasteiger partial charge is 0.360 e. The minimum Gasteiger partial charge on any atom is -0.360 e. The van der Waals surface area contributed by atoms with Crippen molar-refractivity contribution < 1.29 is 0 Å². The summed E-state index contributed by atoms with van der Waals surface area (Å²) in [4.78, 5) is 3.19. The first-order valence-electron chi connectivity index (χ1n) is 6.84. The highest BCUT2D eigenvalue weighted by Crippen LogP contribution is 2.28. The van der Waals surface area contributed by atoms with Gasteiger partial charge in [0, 0.05) is 23.0 Å². The van der Waals surface area contributed by atoms with E-state index in [1.807, 2.05) is 48.7 Å². The molecule has 0 unspecified atom stereocenters. The van der Waals surface area contributed by atoms with Gasteiger partial charge >= 0.3 is 0 Å². The Balaban J connectivity index is 1.72. The molecule has 4 nitrogen and oxygen atoms in total. The van der Waals surface area contributed by atoms with Crippen LogP contribution in [-0.4, -0.2) is 15.2 Å². The van der Waals surface area contributed by atoms with E-state index in [1.165, 1.54) is 0 Å². The minimum absolute atomic E-state index is 0.946. The van der Waals surface area contributed by atoms with Gasteiger partial charge in [0.1, 0.15) is 5.69 Å². The van der Waals surface area contributed by atoms with E-state index >= 15 is 0 Å². The van der Waals surface area contributed by atoms with Crippen LogP contribution in [-0.2, 0) is 0 Å². The molecule has 2 aromatic heterocycles. The molecular weight excluding hydrogens is 260 g/mol. The highest BCUT2D eigenvalue weighted by molar-refractivity contribution is 5.94. The Labute approximate surface area is 121 Å². The number of benzene rings is 2. The first-order chi connectivity index (χ1) is 10.4. The van der Waals surface area contributed by atoms with E-state index in [9.17, 15) is 0 Å². The Hall–Kier alpha value is -3.01. The van der Waals surface area contributed by atoms with Crippen LogP contribution in [0.5, 0.6) is 0 Å². The maximum absolute atomic E-state index is 4.40. The highest BCUT2D eigenvalue weighted by Gasteiger charge is 2.09. The molecule has 0 aliphatic carbocycles. The minimum atomic E-state index is 0.946. The molecule has 0 aliphatic heterocycles. The molecule has 0 spiro atoms. The third kappa shape index (κ3) is 2.17. The zero-order valence-electron chi connectivity index (χ0n) is 11.3. The molecule has 2 heterocycles. The molecule has 4 heteroatoms. The van der Waals surface area contributed by atoms with Crippen molar-refractivity contribution in [1.82, 2.24) is 15.2 Å². The van der Waals surface area contributed by atoms with Crippen molar-refractivity contribution in [3.05, 3.63) is 66.9 Å². The second kappa shape index (κ2) is 4.83. The number of aromatic amines is 2. The molecule has 0 aliphatic rings. The molecule has 0 saturated heterocycles. The van der Waals surface area contributed by atoms with E-state index in [4.69, 9.17) is 0 Å². The lowest BCUT2D eigenvalue weighted by Crippen LogP contribution is -1.89. The molecule has 0 saturated carbocycles. The number of aromatic nitrogens is 3. The summed E-state index contributed by atoms with van der Waals surface area (Å²) in [5, 5.41) is 12.0. The van der Waals surface area contributed by atoms with E-state index in [-0.39, 0.29) is 0 Å². The first-order valence-corrected chi connectivity index (χ1v) is 6.84. The molecule has 0 atom stereocenters. The lowest BCUT2D eigenvalue weighted by molar-refractivity contribution is 1.12. The van der Waals surface area contributed by atoms with Gasteiger partial charge in [0.15, 0.2) is 0 Å². The molecule has 4 aromatic rings. The average Bonchev–Trinajstić information content (AvgIpc) is 3.16. The van der Waals surface area contributed by atoms with Crippen LogP contribution in [0.1, 0.15) is 0 Å². The maximum Gasteiger partial charge on any atom is 0.116 e. The van der Waals surface area contributed by atoms with Crippen molar-refractivity contribution in [3.63, 3.8) is 0 Å². The number of hydrogen-bond acceptors (Lipinski definition) is 2. The van der Waals surface area contributed by atoms with Crippen LogP contribution < -0.4 is 5.32 Å². The van der Waals surface area contributed by atoms with Crippen molar-refractivity contribution in [2.75, 3.05) is 5.32 Å². The maximum atomic E-state index is 4.40. The van der Waals surface area contributed by atoms with Crippen LogP contribution in [0.15, 0.2) is 66.9 Å². The number of fused-ring (bicyclic) bond motifs is 1. The van der Waals surface area contributed by atoms with Gasteiger partial charge in [0.05, 0.1) is 11.2 Å². The summed E-state index contributed by atoms with van der Waals surface area (Å²) in [6.45, 7) is 0. The number of H-pyrrole nitrogens is 2. The number of anilines is 2. The van der Waals surface area contributed by atoms with Gasteiger partial charge in [-0.15, -0.1) is 0 Å². The van der Waals surface area contributed by atoms with Crippen LogP contribution >= 0.6 is 0 Å². The van der Waals surface area contributed by atoms with Gasteiger partial charge in [-0.05, 0) is 42.5 Å². The van der Waals surface area contributed by atoms with E-state index in [1.54, 1.807) is 0 Å². The van der Waals surface area contributed by atoms with Crippen molar-refractivity contribution in [1.29, 1.82) is 0 Å².